The van der Waals surface area contributed by atoms with E-state index >= 15 is 0 Å². The predicted octanol–water partition coefficient (Wildman–Crippen LogP) is 11.0. The lowest BCUT2D eigenvalue weighted by Gasteiger charge is -2.36. The largest absolute Gasteiger partial charge is 0.494 e. The summed E-state index contributed by atoms with van der Waals surface area (Å²) < 4.78 is 14.5. The summed E-state index contributed by atoms with van der Waals surface area (Å²) in [5, 5.41) is 4.44. The number of rotatable bonds is 23. The Morgan fingerprint density at radius 3 is 2.18 bits per heavy atom. The average molecular weight is 762 g/mol. The van der Waals surface area contributed by atoms with E-state index in [9.17, 15) is 9.59 Å². The van der Waals surface area contributed by atoms with Crippen molar-refractivity contribution in [1.29, 1.82) is 0 Å². The third-order valence-corrected chi connectivity index (χ3v) is 10.7. The molecule has 0 atom stereocenters. The second kappa shape index (κ2) is 24.0. The molecule has 4 aromatic rings. The first-order valence-corrected chi connectivity index (χ1v) is 21.1. The molecule has 0 N–H and O–H groups in total. The summed E-state index contributed by atoms with van der Waals surface area (Å²) in [4.78, 5) is 30.4. The highest BCUT2D eigenvalue weighted by Gasteiger charge is 2.18. The molecular formula is C47H59N3O4S. The molecule has 0 unspecified atom stereocenters. The molecular weight excluding hydrogens is 703 g/mol. The number of carbonyl (C=O) groups is 1. The van der Waals surface area contributed by atoms with Crippen molar-refractivity contribution in [3.8, 4) is 5.75 Å². The van der Waals surface area contributed by atoms with Gasteiger partial charge in [-0.3, -0.25) is 19.1 Å². The highest BCUT2D eigenvalue weighted by Crippen LogP contribution is 2.31. The van der Waals surface area contributed by atoms with Crippen LogP contribution in [0.3, 0.4) is 0 Å². The molecule has 0 bridgehead atoms. The normalized spacial score (nSPS) is 14.3. The van der Waals surface area contributed by atoms with Gasteiger partial charge in [0.2, 0.25) is 0 Å². The molecule has 5 rings (SSSR count). The number of thiophene rings is 1. The third-order valence-electron chi connectivity index (χ3n) is 9.77. The summed E-state index contributed by atoms with van der Waals surface area (Å²) in [6, 6.07) is 17.9. The lowest BCUT2D eigenvalue weighted by atomic mass is 10.2. The molecule has 7 nitrogen and oxygen atoms in total. The Hall–Kier alpha value is -4.66. The molecule has 1 saturated heterocycles. The van der Waals surface area contributed by atoms with Gasteiger partial charge >= 0.3 is 5.97 Å². The van der Waals surface area contributed by atoms with Gasteiger partial charge in [0.15, 0.2) is 6.73 Å². The standard InChI is InChI=1S/C47H59N3O4S/c1-2-3-4-5-6-7-8-9-10-11-12-13-14-15-16-17-18-19-25-47(52)54-39-50-44-38-41(28-26-40(44)27-29-46(50)51)53-36-21-20-31-48-32-34-49(35-33-48)43-23-22-24-45-42(43)30-37-55-45/h4-5,7-8,10-11,13-14,16-17,22-24,26-30,37-38H,2-3,6,9,12,15,18-21,25,31-36,39H2,1H3. The molecule has 2 aromatic heterocycles. The van der Waals surface area contributed by atoms with Crippen LogP contribution >= 0.6 is 11.3 Å². The molecule has 3 heterocycles. The quantitative estimate of drug-likeness (QED) is 0.0426. The number of ether oxygens (including phenoxy) is 2. The second-order valence-electron chi connectivity index (χ2n) is 13.9. The van der Waals surface area contributed by atoms with Crippen LogP contribution in [0.2, 0.25) is 0 Å². The maximum Gasteiger partial charge on any atom is 0.307 e. The Bertz CT molecular complexity index is 1960. The highest BCUT2D eigenvalue weighted by molar-refractivity contribution is 7.17. The van der Waals surface area contributed by atoms with Gasteiger partial charge in [0, 0.05) is 60.5 Å². The van der Waals surface area contributed by atoms with Gasteiger partial charge in [0.25, 0.3) is 5.56 Å². The molecule has 1 aliphatic heterocycles. The number of fused-ring (bicyclic) bond motifs is 2. The van der Waals surface area contributed by atoms with Crippen molar-refractivity contribution < 1.29 is 14.3 Å². The van der Waals surface area contributed by atoms with Crippen LogP contribution in [0.15, 0.2) is 126 Å². The van der Waals surface area contributed by atoms with E-state index in [1.807, 2.05) is 18.2 Å². The van der Waals surface area contributed by atoms with Crippen molar-refractivity contribution >= 4 is 44.0 Å². The maximum atomic E-state index is 12.8. The number of carbonyl (C=O) groups excluding carboxylic acids is 1. The third kappa shape index (κ3) is 14.2. The molecule has 2 aromatic carbocycles. The number of anilines is 1. The summed E-state index contributed by atoms with van der Waals surface area (Å²) in [6.07, 6.45) is 31.9. The van der Waals surface area contributed by atoms with Crippen LogP contribution in [0.25, 0.3) is 21.0 Å². The number of nitrogens with zero attached hydrogens (tertiary/aromatic N) is 3. The number of hydrogen-bond acceptors (Lipinski definition) is 7. The maximum absolute atomic E-state index is 12.8. The first kappa shape index (κ1) is 41.5. The van der Waals surface area contributed by atoms with Gasteiger partial charge < -0.3 is 14.4 Å². The van der Waals surface area contributed by atoms with E-state index in [0.29, 0.717) is 30.7 Å². The van der Waals surface area contributed by atoms with E-state index in [1.54, 1.807) is 17.4 Å². The van der Waals surface area contributed by atoms with Gasteiger partial charge in [0.1, 0.15) is 5.75 Å². The summed E-state index contributed by atoms with van der Waals surface area (Å²) in [5.41, 5.74) is 1.84. The predicted molar refractivity (Wildman–Crippen MR) is 232 cm³/mol. The van der Waals surface area contributed by atoms with Crippen LogP contribution in [0.5, 0.6) is 5.75 Å². The fourth-order valence-electron chi connectivity index (χ4n) is 6.64. The Balaban J connectivity index is 0.938. The lowest BCUT2D eigenvalue weighted by Crippen LogP contribution is -2.46. The summed E-state index contributed by atoms with van der Waals surface area (Å²) in [5.74, 6) is 0.405. The number of piperazine rings is 1. The number of unbranched alkanes of at least 4 members (excludes halogenated alkanes) is 3. The van der Waals surface area contributed by atoms with Crippen molar-refractivity contribution in [3.63, 3.8) is 0 Å². The summed E-state index contributed by atoms with van der Waals surface area (Å²) >= 11 is 1.81. The van der Waals surface area contributed by atoms with Gasteiger partial charge in [-0.05, 0) is 111 Å². The van der Waals surface area contributed by atoms with Crippen molar-refractivity contribution in [1.82, 2.24) is 9.47 Å². The zero-order chi connectivity index (χ0) is 38.3. The number of hydrogen-bond donors (Lipinski definition) is 0. The molecule has 55 heavy (non-hydrogen) atoms. The smallest absolute Gasteiger partial charge is 0.307 e. The molecule has 1 aliphatic rings. The van der Waals surface area contributed by atoms with E-state index in [0.717, 1.165) is 89.5 Å². The molecule has 0 radical (unpaired) electrons. The zero-order valence-corrected chi connectivity index (χ0v) is 33.5. The Labute approximate surface area is 331 Å². The van der Waals surface area contributed by atoms with E-state index < -0.39 is 0 Å². The van der Waals surface area contributed by atoms with Crippen molar-refractivity contribution in [2.45, 2.75) is 84.3 Å². The van der Waals surface area contributed by atoms with Crippen molar-refractivity contribution in [2.24, 2.45) is 0 Å². The first-order chi connectivity index (χ1) is 27.1. The molecule has 0 spiro atoms. The second-order valence-corrected chi connectivity index (χ2v) is 14.9. The van der Waals surface area contributed by atoms with Crippen LogP contribution < -0.4 is 15.2 Å². The summed E-state index contributed by atoms with van der Waals surface area (Å²) in [6.45, 7) is 7.98. The Morgan fingerprint density at radius 2 is 1.45 bits per heavy atom. The Morgan fingerprint density at radius 1 is 0.764 bits per heavy atom. The minimum Gasteiger partial charge on any atom is -0.494 e. The molecule has 292 valence electrons. The van der Waals surface area contributed by atoms with Gasteiger partial charge in [-0.15, -0.1) is 11.3 Å². The van der Waals surface area contributed by atoms with Crippen LogP contribution in [-0.4, -0.2) is 54.8 Å². The number of pyridine rings is 1. The minimum atomic E-state index is -0.305. The minimum absolute atomic E-state index is 0.115. The van der Waals surface area contributed by atoms with Gasteiger partial charge in [-0.25, -0.2) is 0 Å². The molecule has 1 fully saturated rings. The monoisotopic (exact) mass is 761 g/mol. The average Bonchev–Trinajstić information content (AvgIpc) is 3.70. The fraction of sp³-hybridized carbons (Fsp3) is 0.404. The number of benzene rings is 2. The van der Waals surface area contributed by atoms with Crippen LogP contribution in [0, 0.1) is 0 Å². The van der Waals surface area contributed by atoms with Gasteiger partial charge in [-0.2, -0.15) is 0 Å². The molecule has 0 aliphatic carbocycles. The molecule has 0 amide bonds. The summed E-state index contributed by atoms with van der Waals surface area (Å²) in [7, 11) is 0. The molecule has 8 heteroatoms. The van der Waals surface area contributed by atoms with Gasteiger partial charge in [-0.1, -0.05) is 80.2 Å². The van der Waals surface area contributed by atoms with Gasteiger partial charge in [0.05, 0.1) is 12.1 Å². The first-order valence-electron chi connectivity index (χ1n) is 20.2. The van der Waals surface area contributed by atoms with Crippen LogP contribution in [0.4, 0.5) is 5.69 Å². The lowest BCUT2D eigenvalue weighted by molar-refractivity contribution is -0.147. The van der Waals surface area contributed by atoms with Crippen molar-refractivity contribution in [3.05, 3.63) is 131 Å². The van der Waals surface area contributed by atoms with E-state index in [1.165, 1.54) is 32.8 Å². The number of allylic oxidation sites excluding steroid dienone is 10. The Kier molecular flexibility index (Phi) is 18.1. The SMILES string of the molecule is CCCC=CCC=CCC=CCC=CCC=CCCCC(=O)OCn1c(=O)ccc2ccc(OCCCCN3CCN(c4cccc5sccc45)CC3)cc21. The van der Waals surface area contributed by atoms with E-state index in [2.05, 4.69) is 107 Å². The highest BCUT2D eigenvalue weighted by atomic mass is 32.1. The van der Waals surface area contributed by atoms with Crippen LogP contribution in [0.1, 0.15) is 77.6 Å². The number of aromatic nitrogens is 1. The number of esters is 1. The van der Waals surface area contributed by atoms with Crippen molar-refractivity contribution in [2.75, 3.05) is 44.2 Å². The van der Waals surface area contributed by atoms with E-state index in [4.69, 9.17) is 9.47 Å². The fourth-order valence-corrected chi connectivity index (χ4v) is 7.45. The topological polar surface area (TPSA) is 64.0 Å². The zero-order valence-electron chi connectivity index (χ0n) is 32.7. The van der Waals surface area contributed by atoms with E-state index in [-0.39, 0.29) is 18.3 Å². The van der Waals surface area contributed by atoms with Crippen LogP contribution in [-0.2, 0) is 16.3 Å². The molecule has 0 saturated carbocycles.